The molecule has 0 spiro atoms. The van der Waals surface area contributed by atoms with Gasteiger partial charge in [-0.3, -0.25) is 29.0 Å². The first-order chi connectivity index (χ1) is 15.0. The lowest BCUT2D eigenvalue weighted by atomic mass is 10.0. The van der Waals surface area contributed by atoms with Crippen LogP contribution in [0.15, 0.2) is 48.5 Å². The van der Waals surface area contributed by atoms with Crippen LogP contribution in [0.3, 0.4) is 0 Å². The summed E-state index contributed by atoms with van der Waals surface area (Å²) >= 11 is 0. The molecule has 0 unspecified atom stereocenters. The summed E-state index contributed by atoms with van der Waals surface area (Å²) in [6, 6.07) is 15.8. The predicted molar refractivity (Wildman–Crippen MR) is 115 cm³/mol. The van der Waals surface area contributed by atoms with Crippen LogP contribution in [0.25, 0.3) is 0 Å². The van der Waals surface area contributed by atoms with Gasteiger partial charge in [-0.15, -0.1) is 0 Å². The van der Waals surface area contributed by atoms with E-state index >= 15 is 0 Å². The minimum atomic E-state index is -0.134. The van der Waals surface area contributed by atoms with Crippen molar-refractivity contribution in [1.82, 2.24) is 9.80 Å². The third-order valence-electron chi connectivity index (χ3n) is 5.51. The second kappa shape index (κ2) is 8.99. The molecule has 2 aliphatic heterocycles. The molecule has 2 fully saturated rings. The van der Waals surface area contributed by atoms with Crippen LogP contribution in [0.2, 0.25) is 0 Å². The van der Waals surface area contributed by atoms with E-state index in [4.69, 9.17) is 0 Å². The largest absolute Gasteiger partial charge is 0.367 e. The molecule has 0 saturated carbocycles. The zero-order valence-corrected chi connectivity index (χ0v) is 17.1. The van der Waals surface area contributed by atoms with Crippen molar-refractivity contribution in [3.05, 3.63) is 59.7 Å². The molecular weight excluding hydrogens is 396 g/mol. The van der Waals surface area contributed by atoms with Gasteiger partial charge in [0, 0.05) is 37.1 Å². The molecule has 4 amide bonds. The fourth-order valence-electron chi connectivity index (χ4n) is 3.66. The summed E-state index contributed by atoms with van der Waals surface area (Å²) in [5, 5.41) is 6.23. The molecule has 0 radical (unpaired) electrons. The van der Waals surface area contributed by atoms with Crippen LogP contribution in [-0.2, 0) is 25.6 Å². The zero-order valence-electron chi connectivity index (χ0n) is 17.1. The van der Waals surface area contributed by atoms with Gasteiger partial charge in [0.05, 0.1) is 13.3 Å². The second-order valence-corrected chi connectivity index (χ2v) is 7.67. The highest BCUT2D eigenvalue weighted by Gasteiger charge is 2.29. The maximum Gasteiger partial charge on any atom is 0.231 e. The van der Waals surface area contributed by atoms with Gasteiger partial charge in [-0.05, 0) is 41.8 Å². The van der Waals surface area contributed by atoms with Crippen LogP contribution >= 0.6 is 0 Å². The number of hydrogen-bond acceptors (Lipinski definition) is 6. The van der Waals surface area contributed by atoms with Crippen LogP contribution in [0.4, 0.5) is 11.4 Å². The Morgan fingerprint density at radius 3 is 1.19 bits per heavy atom. The molecule has 4 rings (SSSR count). The van der Waals surface area contributed by atoms with Crippen molar-refractivity contribution in [2.24, 2.45) is 0 Å². The lowest BCUT2D eigenvalue weighted by Crippen LogP contribution is -2.33. The molecule has 2 saturated heterocycles. The van der Waals surface area contributed by atoms with Gasteiger partial charge >= 0.3 is 0 Å². The fraction of sp³-hybridized carbons (Fsp3) is 0.304. The Morgan fingerprint density at radius 2 is 0.871 bits per heavy atom. The van der Waals surface area contributed by atoms with Gasteiger partial charge in [0.1, 0.15) is 0 Å². The predicted octanol–water partition coefficient (Wildman–Crippen LogP) is 2.31. The number of amides is 4. The topological polar surface area (TPSA) is 98.8 Å². The quantitative estimate of drug-likeness (QED) is 0.636. The molecule has 0 aliphatic carbocycles. The monoisotopic (exact) mass is 420 g/mol. The number of benzene rings is 2. The summed E-state index contributed by atoms with van der Waals surface area (Å²) < 4.78 is 0. The average Bonchev–Trinajstić information content (AvgIpc) is 3.27. The van der Waals surface area contributed by atoms with Crippen molar-refractivity contribution in [2.45, 2.75) is 32.1 Å². The molecule has 0 aromatic heterocycles. The van der Waals surface area contributed by atoms with Gasteiger partial charge < -0.3 is 10.6 Å². The number of anilines is 2. The Hall–Kier alpha value is -3.68. The van der Waals surface area contributed by atoms with Gasteiger partial charge in [0.25, 0.3) is 0 Å². The van der Waals surface area contributed by atoms with E-state index in [1.165, 1.54) is 9.80 Å². The Balaban J connectivity index is 1.27. The minimum Gasteiger partial charge on any atom is -0.367 e. The van der Waals surface area contributed by atoms with E-state index in [2.05, 4.69) is 10.6 Å². The van der Waals surface area contributed by atoms with E-state index < -0.39 is 0 Å². The number of hydrogen-bond donors (Lipinski definition) is 2. The van der Waals surface area contributed by atoms with Crippen LogP contribution in [0.5, 0.6) is 0 Å². The number of nitrogens with one attached hydrogen (secondary N) is 2. The number of nitrogens with zero attached hydrogens (tertiary/aromatic N) is 2. The summed E-state index contributed by atoms with van der Waals surface area (Å²) in [4.78, 5) is 49.1. The van der Waals surface area contributed by atoms with Gasteiger partial charge in [0.15, 0.2) is 0 Å². The summed E-state index contributed by atoms with van der Waals surface area (Å²) in [5.74, 6) is -0.534. The number of rotatable bonds is 8. The van der Waals surface area contributed by atoms with Crippen molar-refractivity contribution in [3.8, 4) is 0 Å². The van der Waals surface area contributed by atoms with Crippen molar-refractivity contribution < 1.29 is 19.2 Å². The van der Waals surface area contributed by atoms with Crippen LogP contribution in [0.1, 0.15) is 36.8 Å². The maximum absolute atomic E-state index is 11.7. The zero-order chi connectivity index (χ0) is 21.8. The highest BCUT2D eigenvalue weighted by molar-refractivity contribution is 6.02. The Labute approximate surface area is 180 Å². The van der Waals surface area contributed by atoms with Crippen LogP contribution in [-0.4, -0.2) is 46.8 Å². The Bertz CT molecular complexity index is 888. The summed E-state index contributed by atoms with van der Waals surface area (Å²) in [7, 11) is 0. The van der Waals surface area contributed by atoms with Gasteiger partial charge in [-0.25, -0.2) is 0 Å². The van der Waals surface area contributed by atoms with Crippen molar-refractivity contribution >= 4 is 35.0 Å². The van der Waals surface area contributed by atoms with Gasteiger partial charge in [0.2, 0.25) is 23.6 Å². The lowest BCUT2D eigenvalue weighted by Gasteiger charge is -2.16. The molecule has 0 bridgehead atoms. The SMILES string of the molecule is O=C1CCC(=O)N1CNc1ccc(Cc2ccc(NCN3C(=O)CCC3=O)cc2)cc1. The second-order valence-electron chi connectivity index (χ2n) is 7.67. The molecule has 2 aromatic rings. The fourth-order valence-corrected chi connectivity index (χ4v) is 3.66. The molecule has 8 nitrogen and oxygen atoms in total. The normalized spacial score (nSPS) is 16.4. The maximum atomic E-state index is 11.7. The van der Waals surface area contributed by atoms with Gasteiger partial charge in [-0.1, -0.05) is 24.3 Å². The van der Waals surface area contributed by atoms with E-state index in [9.17, 15) is 19.2 Å². The molecule has 2 N–H and O–H groups in total. The first-order valence-corrected chi connectivity index (χ1v) is 10.3. The molecule has 160 valence electrons. The number of carbonyl (C=O) groups excluding carboxylic acids is 4. The first kappa shape index (κ1) is 20.6. The van der Waals surface area contributed by atoms with E-state index in [0.29, 0.717) is 25.7 Å². The molecule has 0 atom stereocenters. The molecule has 31 heavy (non-hydrogen) atoms. The number of imide groups is 2. The standard InChI is InChI=1S/C23H24N4O4/c28-20-9-10-21(29)26(20)14-24-18-5-1-16(2-6-18)13-17-3-7-19(8-4-17)25-15-27-22(30)11-12-23(27)31/h1-8,24-25H,9-15H2. The van der Waals surface area contributed by atoms with Crippen LogP contribution < -0.4 is 10.6 Å². The summed E-state index contributed by atoms with van der Waals surface area (Å²) in [6.45, 7) is 0.389. The van der Waals surface area contributed by atoms with E-state index in [-0.39, 0.29) is 37.0 Å². The number of likely N-dealkylation sites (tertiary alicyclic amines) is 2. The van der Waals surface area contributed by atoms with E-state index in [1.54, 1.807) is 0 Å². The minimum absolute atomic E-state index is 0.134. The van der Waals surface area contributed by atoms with E-state index in [0.717, 1.165) is 28.9 Å². The molecular formula is C23H24N4O4. The van der Waals surface area contributed by atoms with Crippen LogP contribution in [0, 0.1) is 0 Å². The van der Waals surface area contributed by atoms with E-state index in [1.807, 2.05) is 48.5 Å². The Kier molecular flexibility index (Phi) is 5.97. The molecule has 2 aromatic carbocycles. The lowest BCUT2D eigenvalue weighted by molar-refractivity contribution is -0.139. The average molecular weight is 420 g/mol. The third-order valence-corrected chi connectivity index (χ3v) is 5.51. The molecule has 2 heterocycles. The summed E-state index contributed by atoms with van der Waals surface area (Å²) in [5.41, 5.74) is 3.96. The van der Waals surface area contributed by atoms with Crippen molar-refractivity contribution in [1.29, 1.82) is 0 Å². The summed E-state index contributed by atoms with van der Waals surface area (Å²) in [6.07, 6.45) is 1.93. The molecule has 8 heteroatoms. The first-order valence-electron chi connectivity index (χ1n) is 10.3. The Morgan fingerprint density at radius 1 is 0.548 bits per heavy atom. The highest BCUT2D eigenvalue weighted by atomic mass is 16.2. The van der Waals surface area contributed by atoms with Crippen molar-refractivity contribution in [3.63, 3.8) is 0 Å². The number of carbonyl (C=O) groups is 4. The van der Waals surface area contributed by atoms with Crippen molar-refractivity contribution in [2.75, 3.05) is 24.0 Å². The third kappa shape index (κ3) is 4.91. The molecule has 2 aliphatic rings. The highest BCUT2D eigenvalue weighted by Crippen LogP contribution is 2.18. The smallest absolute Gasteiger partial charge is 0.231 e. The van der Waals surface area contributed by atoms with Gasteiger partial charge in [-0.2, -0.15) is 0 Å².